The second-order valence-corrected chi connectivity index (χ2v) is 8.34. The first-order valence-electron chi connectivity index (χ1n) is 11.0. The van der Waals surface area contributed by atoms with Gasteiger partial charge in [0.2, 0.25) is 0 Å². The van der Waals surface area contributed by atoms with Crippen LogP contribution in [0.1, 0.15) is 28.8 Å². The number of alkyl halides is 3. The summed E-state index contributed by atoms with van der Waals surface area (Å²) in [6.07, 6.45) is -0.338. The van der Waals surface area contributed by atoms with Gasteiger partial charge in [0.05, 0.1) is 11.1 Å². The second kappa shape index (κ2) is 8.48. The molecule has 1 amide bonds. The molecule has 2 aromatic heterocycles. The van der Waals surface area contributed by atoms with Crippen molar-refractivity contribution in [3.05, 3.63) is 71.9 Å². The van der Waals surface area contributed by atoms with Crippen molar-refractivity contribution < 1.29 is 18.0 Å². The van der Waals surface area contributed by atoms with Crippen molar-refractivity contribution in [3.8, 4) is 11.4 Å². The maximum atomic E-state index is 13.0. The van der Waals surface area contributed by atoms with Crippen LogP contribution in [0.2, 0.25) is 0 Å². The van der Waals surface area contributed by atoms with Gasteiger partial charge in [-0.25, -0.2) is 9.97 Å². The molecule has 0 aliphatic carbocycles. The van der Waals surface area contributed by atoms with Gasteiger partial charge in [-0.05, 0) is 49.2 Å². The Morgan fingerprint density at radius 2 is 1.76 bits per heavy atom. The molecule has 6 nitrogen and oxygen atoms in total. The fourth-order valence-corrected chi connectivity index (χ4v) is 4.23. The first-order valence-corrected chi connectivity index (χ1v) is 11.0. The average Bonchev–Trinajstić information content (AvgIpc) is 3.49. The minimum Gasteiger partial charge on any atom is -0.355 e. The number of halogens is 3. The normalized spacial score (nSPS) is 14.1. The maximum absolute atomic E-state index is 13.0. The molecule has 0 bridgehead atoms. The van der Waals surface area contributed by atoms with Gasteiger partial charge in [0.25, 0.3) is 5.91 Å². The molecule has 1 N–H and O–H groups in total. The van der Waals surface area contributed by atoms with E-state index in [0.717, 1.165) is 54.9 Å². The number of anilines is 2. The van der Waals surface area contributed by atoms with Gasteiger partial charge in [0.15, 0.2) is 11.6 Å². The lowest BCUT2D eigenvalue weighted by molar-refractivity contribution is -0.137. The van der Waals surface area contributed by atoms with Crippen molar-refractivity contribution >= 4 is 28.4 Å². The molecule has 9 heteroatoms. The molecule has 3 heterocycles. The number of carbonyl (C=O) groups is 1. The highest BCUT2D eigenvalue weighted by atomic mass is 19.4. The molecular formula is C25H22F3N5O. The van der Waals surface area contributed by atoms with Crippen molar-refractivity contribution in [2.75, 3.05) is 23.3 Å². The van der Waals surface area contributed by atoms with E-state index in [1.54, 1.807) is 18.2 Å². The van der Waals surface area contributed by atoms with Gasteiger partial charge in [0, 0.05) is 43.1 Å². The van der Waals surface area contributed by atoms with E-state index in [-0.39, 0.29) is 5.56 Å². The Hall–Kier alpha value is -3.88. The number of rotatable bonds is 4. The van der Waals surface area contributed by atoms with E-state index in [1.165, 1.54) is 12.1 Å². The van der Waals surface area contributed by atoms with E-state index in [1.807, 2.05) is 29.9 Å². The lowest BCUT2D eigenvalue weighted by Crippen LogP contribution is -2.20. The SMILES string of the molecule is Cn1ccc2nc(-c3cccc(NC(=O)c4cccc(C(F)(F)F)c4)c3)nc(N3CCCC3)c21. The Balaban J connectivity index is 1.46. The van der Waals surface area contributed by atoms with E-state index in [4.69, 9.17) is 9.97 Å². The Kier molecular flexibility index (Phi) is 5.47. The third-order valence-corrected chi connectivity index (χ3v) is 5.94. The molecule has 174 valence electrons. The zero-order valence-electron chi connectivity index (χ0n) is 18.4. The molecule has 1 aliphatic rings. The van der Waals surface area contributed by atoms with Crippen LogP contribution in [0.3, 0.4) is 0 Å². The topological polar surface area (TPSA) is 63.1 Å². The number of aryl methyl sites for hydroxylation is 1. The zero-order chi connectivity index (χ0) is 23.9. The molecule has 1 saturated heterocycles. The molecule has 0 atom stereocenters. The van der Waals surface area contributed by atoms with Crippen LogP contribution in [-0.4, -0.2) is 33.5 Å². The van der Waals surface area contributed by atoms with Crippen LogP contribution in [0.4, 0.5) is 24.7 Å². The number of benzene rings is 2. The quantitative estimate of drug-likeness (QED) is 0.432. The number of nitrogens with one attached hydrogen (secondary N) is 1. The number of amides is 1. The number of carbonyl (C=O) groups excluding carboxylic acids is 1. The van der Waals surface area contributed by atoms with Gasteiger partial charge in [-0.15, -0.1) is 0 Å². The van der Waals surface area contributed by atoms with Crippen LogP contribution < -0.4 is 10.2 Å². The summed E-state index contributed by atoms with van der Waals surface area (Å²) in [6, 6.07) is 13.3. The van der Waals surface area contributed by atoms with Crippen LogP contribution in [0.25, 0.3) is 22.4 Å². The van der Waals surface area contributed by atoms with E-state index in [2.05, 4.69) is 10.2 Å². The summed E-state index contributed by atoms with van der Waals surface area (Å²) in [5.74, 6) is 0.777. The van der Waals surface area contributed by atoms with Crippen LogP contribution >= 0.6 is 0 Å². The molecule has 0 radical (unpaired) electrons. The Labute approximate surface area is 194 Å². The number of hydrogen-bond donors (Lipinski definition) is 1. The predicted molar refractivity (Wildman–Crippen MR) is 125 cm³/mol. The van der Waals surface area contributed by atoms with Crippen molar-refractivity contribution in [1.29, 1.82) is 0 Å². The monoisotopic (exact) mass is 465 g/mol. The van der Waals surface area contributed by atoms with Crippen molar-refractivity contribution in [1.82, 2.24) is 14.5 Å². The van der Waals surface area contributed by atoms with E-state index in [9.17, 15) is 18.0 Å². The fraction of sp³-hybridized carbons (Fsp3) is 0.240. The molecule has 0 saturated carbocycles. The summed E-state index contributed by atoms with van der Waals surface area (Å²) in [5.41, 5.74) is 2.01. The predicted octanol–water partition coefficient (Wildman–Crippen LogP) is 5.51. The van der Waals surface area contributed by atoms with Gasteiger partial charge >= 0.3 is 6.18 Å². The van der Waals surface area contributed by atoms with Crippen molar-refractivity contribution in [2.24, 2.45) is 7.05 Å². The number of nitrogens with zero attached hydrogens (tertiary/aromatic N) is 4. The highest BCUT2D eigenvalue weighted by Crippen LogP contribution is 2.32. The number of fused-ring (bicyclic) bond motifs is 1. The van der Waals surface area contributed by atoms with Gasteiger partial charge in [-0.3, -0.25) is 4.79 Å². The van der Waals surface area contributed by atoms with Gasteiger partial charge in [-0.1, -0.05) is 18.2 Å². The van der Waals surface area contributed by atoms with Crippen LogP contribution in [-0.2, 0) is 13.2 Å². The summed E-state index contributed by atoms with van der Waals surface area (Å²) in [7, 11) is 1.97. The van der Waals surface area contributed by atoms with E-state index < -0.39 is 17.6 Å². The first-order chi connectivity index (χ1) is 16.3. The van der Waals surface area contributed by atoms with Crippen LogP contribution in [0, 0.1) is 0 Å². The summed E-state index contributed by atoms with van der Waals surface area (Å²) < 4.78 is 41.0. The number of hydrogen-bond acceptors (Lipinski definition) is 4. The minimum atomic E-state index is -4.52. The average molecular weight is 465 g/mol. The minimum absolute atomic E-state index is 0.0708. The third-order valence-electron chi connectivity index (χ3n) is 5.94. The molecule has 0 unspecified atom stereocenters. The highest BCUT2D eigenvalue weighted by Gasteiger charge is 2.31. The number of aromatic nitrogens is 3. The van der Waals surface area contributed by atoms with Crippen LogP contribution in [0.15, 0.2) is 60.8 Å². The van der Waals surface area contributed by atoms with Gasteiger partial charge in [0.1, 0.15) is 5.52 Å². The molecule has 5 rings (SSSR count). The Morgan fingerprint density at radius 1 is 1.00 bits per heavy atom. The summed E-state index contributed by atoms with van der Waals surface area (Å²) in [5, 5.41) is 2.68. The van der Waals surface area contributed by atoms with Crippen LogP contribution in [0.5, 0.6) is 0 Å². The van der Waals surface area contributed by atoms with E-state index in [0.29, 0.717) is 17.1 Å². The second-order valence-electron chi connectivity index (χ2n) is 8.34. The standard InChI is InChI=1S/C25H22F3N5O/c1-32-13-10-20-21(32)23(33-11-2-3-12-33)31-22(30-20)16-6-5-9-19(15-16)29-24(34)17-7-4-8-18(14-17)25(26,27)28/h4-10,13-15H,2-3,11-12H2,1H3,(H,29,34). The molecule has 2 aromatic carbocycles. The van der Waals surface area contributed by atoms with E-state index >= 15 is 0 Å². The largest absolute Gasteiger partial charge is 0.416 e. The molecule has 1 fully saturated rings. The maximum Gasteiger partial charge on any atom is 0.416 e. The van der Waals surface area contributed by atoms with Gasteiger partial charge in [-0.2, -0.15) is 13.2 Å². The molecule has 34 heavy (non-hydrogen) atoms. The van der Waals surface area contributed by atoms with Crippen molar-refractivity contribution in [2.45, 2.75) is 19.0 Å². The molecule has 4 aromatic rings. The first kappa shape index (κ1) is 21.9. The molecule has 0 spiro atoms. The molecular weight excluding hydrogens is 443 g/mol. The lowest BCUT2D eigenvalue weighted by atomic mass is 10.1. The fourth-order valence-electron chi connectivity index (χ4n) is 4.23. The zero-order valence-corrected chi connectivity index (χ0v) is 18.4. The van der Waals surface area contributed by atoms with Gasteiger partial charge < -0.3 is 14.8 Å². The summed E-state index contributed by atoms with van der Waals surface area (Å²) >= 11 is 0. The third kappa shape index (κ3) is 4.21. The molecule has 1 aliphatic heterocycles. The Bertz CT molecular complexity index is 1370. The summed E-state index contributed by atoms with van der Waals surface area (Å²) in [4.78, 5) is 24.5. The highest BCUT2D eigenvalue weighted by molar-refractivity contribution is 6.04. The van der Waals surface area contributed by atoms with Crippen molar-refractivity contribution in [3.63, 3.8) is 0 Å². The smallest absolute Gasteiger partial charge is 0.355 e. The Morgan fingerprint density at radius 3 is 2.53 bits per heavy atom. The lowest BCUT2D eigenvalue weighted by Gasteiger charge is -2.19. The summed E-state index contributed by atoms with van der Waals surface area (Å²) in [6.45, 7) is 1.87.